The molecule has 0 aliphatic heterocycles. The molecule has 60 valence electrons. The summed E-state index contributed by atoms with van der Waals surface area (Å²) in [6.07, 6.45) is -4.63. The van der Waals surface area contributed by atoms with Crippen LogP contribution in [0.4, 0.5) is 0 Å². The number of aliphatic hydroxyl groups is 4. The normalized spacial score (nSPS) is 19.6. The quantitative estimate of drug-likeness (QED) is 0.329. The van der Waals surface area contributed by atoms with Crippen molar-refractivity contribution in [3.63, 3.8) is 0 Å². The zero-order valence-corrected chi connectivity index (χ0v) is 5.21. The summed E-state index contributed by atoms with van der Waals surface area (Å²) < 4.78 is 0. The number of carbonyl (C=O) groups is 1. The third-order valence-corrected chi connectivity index (χ3v) is 1.07. The van der Waals surface area contributed by atoms with Crippen molar-refractivity contribution in [3.8, 4) is 0 Å². The van der Waals surface area contributed by atoms with E-state index in [2.05, 4.69) is 0 Å². The van der Waals surface area contributed by atoms with Crippen LogP contribution in [0.2, 0.25) is 0 Å². The molecule has 5 heteroatoms. The van der Waals surface area contributed by atoms with E-state index in [1.54, 1.807) is 0 Å². The third-order valence-electron chi connectivity index (χ3n) is 1.07. The second-order valence-electron chi connectivity index (χ2n) is 1.87. The van der Waals surface area contributed by atoms with Crippen LogP contribution in [0.15, 0.2) is 0 Å². The molecular formula is C5H11O5+. The zero-order chi connectivity index (χ0) is 8.15. The van der Waals surface area contributed by atoms with Crippen LogP contribution in [-0.4, -0.2) is 51.6 Å². The van der Waals surface area contributed by atoms with Crippen LogP contribution in [0.5, 0.6) is 0 Å². The number of hydrogen-bond donors (Lipinski definition) is 4. The minimum atomic E-state index is -1.64. The lowest BCUT2D eigenvalue weighted by molar-refractivity contribution is -0.127. The molecule has 0 bridgehead atoms. The molecule has 0 fully saturated rings. The summed E-state index contributed by atoms with van der Waals surface area (Å²) in [5.74, 6) is 0. The number of carbonyl (C=O) groups excluding carboxylic acids is 1. The molecule has 10 heavy (non-hydrogen) atoms. The molecule has 0 heterocycles. The fourth-order valence-corrected chi connectivity index (χ4v) is 0.416. The van der Waals surface area contributed by atoms with Gasteiger partial charge < -0.3 is 25.2 Å². The Morgan fingerprint density at radius 2 is 1.90 bits per heavy atom. The highest BCUT2D eigenvalue weighted by atomic mass is 16.4. The SMILES string of the molecule is O=CC(O)C(O)C(O)CO.[H+]. The molecule has 0 amide bonds. The van der Waals surface area contributed by atoms with Crippen LogP contribution in [0.3, 0.4) is 0 Å². The van der Waals surface area contributed by atoms with Gasteiger partial charge in [0.1, 0.15) is 18.3 Å². The lowest BCUT2D eigenvalue weighted by Gasteiger charge is -2.16. The van der Waals surface area contributed by atoms with Crippen molar-refractivity contribution in [3.05, 3.63) is 0 Å². The fraction of sp³-hybridized carbons (Fsp3) is 0.800. The Hall–Kier alpha value is -0.490. The molecule has 0 saturated carbocycles. The maximum absolute atomic E-state index is 9.76. The number of aldehydes is 1. The number of aliphatic hydroxyl groups excluding tert-OH is 4. The zero-order valence-electron chi connectivity index (χ0n) is 6.21. The lowest BCUT2D eigenvalue weighted by atomic mass is 10.1. The summed E-state index contributed by atoms with van der Waals surface area (Å²) in [7, 11) is 0. The van der Waals surface area contributed by atoms with Gasteiger partial charge in [-0.3, -0.25) is 0 Å². The van der Waals surface area contributed by atoms with Gasteiger partial charge in [0.05, 0.1) is 6.61 Å². The van der Waals surface area contributed by atoms with E-state index >= 15 is 0 Å². The summed E-state index contributed by atoms with van der Waals surface area (Å²) in [5.41, 5.74) is 0. The molecule has 3 atom stereocenters. The van der Waals surface area contributed by atoms with E-state index in [9.17, 15) is 4.79 Å². The first kappa shape index (κ1) is 9.51. The van der Waals surface area contributed by atoms with E-state index in [1.165, 1.54) is 0 Å². The van der Waals surface area contributed by atoms with Crippen LogP contribution in [0.1, 0.15) is 1.43 Å². The first-order valence-corrected chi connectivity index (χ1v) is 2.73. The number of hydrogen-bond acceptors (Lipinski definition) is 5. The van der Waals surface area contributed by atoms with Gasteiger partial charge in [0.2, 0.25) is 0 Å². The van der Waals surface area contributed by atoms with Crippen molar-refractivity contribution in [2.75, 3.05) is 6.61 Å². The molecule has 0 aliphatic carbocycles. The topological polar surface area (TPSA) is 98.0 Å². The summed E-state index contributed by atoms with van der Waals surface area (Å²) in [6, 6.07) is 0. The molecule has 0 aliphatic rings. The van der Waals surface area contributed by atoms with Gasteiger partial charge in [0.15, 0.2) is 6.29 Å². The van der Waals surface area contributed by atoms with Gasteiger partial charge in [-0.05, 0) is 0 Å². The average Bonchev–Trinajstić information content (AvgIpc) is 2.00. The van der Waals surface area contributed by atoms with E-state index in [1.807, 2.05) is 0 Å². The maximum Gasteiger partial charge on any atom is 1.00 e. The fourth-order valence-electron chi connectivity index (χ4n) is 0.416. The molecule has 5 nitrogen and oxygen atoms in total. The van der Waals surface area contributed by atoms with E-state index in [0.717, 1.165) is 0 Å². The largest absolute Gasteiger partial charge is 1.00 e. The lowest BCUT2D eigenvalue weighted by Crippen LogP contribution is -2.40. The Balaban J connectivity index is 0. The van der Waals surface area contributed by atoms with E-state index < -0.39 is 24.9 Å². The van der Waals surface area contributed by atoms with E-state index in [-0.39, 0.29) is 7.71 Å². The Bertz CT molecular complexity index is 109. The van der Waals surface area contributed by atoms with Gasteiger partial charge in [-0.25, -0.2) is 0 Å². The van der Waals surface area contributed by atoms with Gasteiger partial charge in [-0.15, -0.1) is 0 Å². The molecule has 0 aromatic carbocycles. The monoisotopic (exact) mass is 151 g/mol. The van der Waals surface area contributed by atoms with E-state index in [0.29, 0.717) is 0 Å². The predicted octanol–water partition coefficient (Wildman–Crippen LogP) is -2.63. The van der Waals surface area contributed by atoms with Gasteiger partial charge in [0, 0.05) is 0 Å². The van der Waals surface area contributed by atoms with Crippen LogP contribution >= 0.6 is 0 Å². The summed E-state index contributed by atoms with van der Waals surface area (Å²) in [4.78, 5) is 9.76. The van der Waals surface area contributed by atoms with Gasteiger partial charge >= 0.3 is 1.43 Å². The van der Waals surface area contributed by atoms with Crippen molar-refractivity contribution in [2.45, 2.75) is 18.3 Å². The van der Waals surface area contributed by atoms with Crippen LogP contribution in [0, 0.1) is 0 Å². The second kappa shape index (κ2) is 4.35. The first-order chi connectivity index (χ1) is 4.63. The second-order valence-corrected chi connectivity index (χ2v) is 1.87. The number of rotatable bonds is 4. The Morgan fingerprint density at radius 1 is 1.40 bits per heavy atom. The molecule has 0 aromatic rings. The highest BCUT2D eigenvalue weighted by Gasteiger charge is 2.22. The molecule has 3 unspecified atom stereocenters. The summed E-state index contributed by atoms with van der Waals surface area (Å²) in [6.45, 7) is -0.688. The van der Waals surface area contributed by atoms with Gasteiger partial charge in [-0.1, -0.05) is 0 Å². The van der Waals surface area contributed by atoms with E-state index in [4.69, 9.17) is 20.4 Å². The molecular weight excluding hydrogens is 140 g/mol. The standard InChI is InChI=1S/C5H10O5/c6-1-3(8)5(10)4(9)2-7/h1,3-5,7-10H,2H2/p+1. The minimum absolute atomic E-state index is 0. The van der Waals surface area contributed by atoms with Gasteiger partial charge in [0.25, 0.3) is 0 Å². The maximum atomic E-state index is 9.76. The summed E-state index contributed by atoms with van der Waals surface area (Å²) in [5, 5.41) is 34.1. The Labute approximate surface area is 59.0 Å². The van der Waals surface area contributed by atoms with Crippen molar-refractivity contribution < 1.29 is 26.6 Å². The van der Waals surface area contributed by atoms with Crippen LogP contribution < -0.4 is 0 Å². The Morgan fingerprint density at radius 3 is 2.20 bits per heavy atom. The average molecular weight is 151 g/mol. The highest BCUT2D eigenvalue weighted by Crippen LogP contribution is 1.96. The minimum Gasteiger partial charge on any atom is -0.394 e. The van der Waals surface area contributed by atoms with Gasteiger partial charge in [-0.2, -0.15) is 0 Å². The Kier molecular flexibility index (Phi) is 4.13. The predicted molar refractivity (Wildman–Crippen MR) is 32.3 cm³/mol. The first-order valence-electron chi connectivity index (χ1n) is 2.73. The highest BCUT2D eigenvalue weighted by molar-refractivity contribution is 5.56. The van der Waals surface area contributed by atoms with Crippen LogP contribution in [-0.2, 0) is 4.79 Å². The smallest absolute Gasteiger partial charge is 0.394 e. The van der Waals surface area contributed by atoms with Crippen molar-refractivity contribution in [2.24, 2.45) is 0 Å². The molecule has 0 aromatic heterocycles. The van der Waals surface area contributed by atoms with Crippen LogP contribution in [0.25, 0.3) is 0 Å². The third kappa shape index (κ3) is 2.40. The summed E-state index contributed by atoms with van der Waals surface area (Å²) >= 11 is 0. The van der Waals surface area contributed by atoms with Crippen molar-refractivity contribution in [1.82, 2.24) is 0 Å². The van der Waals surface area contributed by atoms with Crippen molar-refractivity contribution >= 4 is 6.29 Å². The molecule has 4 N–H and O–H groups in total. The van der Waals surface area contributed by atoms with Crippen molar-refractivity contribution in [1.29, 1.82) is 0 Å². The molecule has 0 saturated heterocycles. The molecule has 0 rings (SSSR count). The molecule has 0 spiro atoms. The molecule has 0 radical (unpaired) electrons.